The number of benzene rings is 1. The van der Waals surface area contributed by atoms with E-state index in [1.807, 2.05) is 24.5 Å². The van der Waals surface area contributed by atoms with Gasteiger partial charge in [-0.15, -0.1) is 11.8 Å². The summed E-state index contributed by atoms with van der Waals surface area (Å²) in [5, 5.41) is 3.06. The standard InChI is InChI=1S/C23H25FN4O3S/c1-3-20(29)26-15-7-9-16(10-8-15)28-22(30)19-11-14(24)13-25-21(19)27(23(28)31)17-5-4-6-18(12-17)32-2/h4-6,11-13,15-16H,3,7-10H2,1-2H3,(H,26,29). The Labute approximate surface area is 188 Å². The fourth-order valence-electron chi connectivity index (χ4n) is 4.29. The van der Waals surface area contributed by atoms with Gasteiger partial charge in [-0.2, -0.15) is 0 Å². The van der Waals surface area contributed by atoms with E-state index in [-0.39, 0.29) is 29.0 Å². The minimum Gasteiger partial charge on any atom is -0.353 e. The minimum absolute atomic E-state index is 0.00565. The molecule has 2 aromatic heterocycles. The van der Waals surface area contributed by atoms with E-state index in [9.17, 15) is 18.8 Å². The molecule has 0 radical (unpaired) electrons. The SMILES string of the molecule is CCC(=O)NC1CCC(n2c(=O)c3cc(F)cnc3n(-c3cccc(SC)c3)c2=O)CC1. The van der Waals surface area contributed by atoms with Crippen LogP contribution in [0.4, 0.5) is 4.39 Å². The first kappa shape index (κ1) is 22.3. The number of nitrogens with zero attached hydrogens (tertiary/aromatic N) is 3. The van der Waals surface area contributed by atoms with Crippen molar-refractivity contribution in [2.24, 2.45) is 0 Å². The maximum Gasteiger partial charge on any atom is 0.337 e. The van der Waals surface area contributed by atoms with Crippen LogP contribution in [-0.4, -0.2) is 32.3 Å². The van der Waals surface area contributed by atoms with Gasteiger partial charge in [0.15, 0.2) is 5.65 Å². The molecule has 9 heteroatoms. The summed E-state index contributed by atoms with van der Waals surface area (Å²) in [4.78, 5) is 43.6. The van der Waals surface area contributed by atoms with Crippen molar-refractivity contribution in [2.45, 2.75) is 56.0 Å². The topological polar surface area (TPSA) is 86.0 Å². The smallest absolute Gasteiger partial charge is 0.337 e. The number of nitrogens with one attached hydrogen (secondary N) is 1. The first-order valence-electron chi connectivity index (χ1n) is 10.7. The van der Waals surface area contributed by atoms with Crippen molar-refractivity contribution in [3.05, 3.63) is 63.2 Å². The Morgan fingerprint density at radius 1 is 1.22 bits per heavy atom. The molecule has 0 atom stereocenters. The van der Waals surface area contributed by atoms with Crippen LogP contribution in [0.5, 0.6) is 0 Å². The first-order chi connectivity index (χ1) is 15.4. The van der Waals surface area contributed by atoms with Crippen molar-refractivity contribution >= 4 is 28.7 Å². The number of pyridine rings is 1. The molecular weight excluding hydrogens is 431 g/mol. The number of halogens is 1. The third-order valence-corrected chi connectivity index (χ3v) is 6.68. The van der Waals surface area contributed by atoms with E-state index in [0.29, 0.717) is 37.8 Å². The van der Waals surface area contributed by atoms with Crippen molar-refractivity contribution in [3.8, 4) is 5.69 Å². The highest BCUT2D eigenvalue weighted by Gasteiger charge is 2.27. The Bertz CT molecular complexity index is 1280. The van der Waals surface area contributed by atoms with Crippen LogP contribution < -0.4 is 16.6 Å². The molecule has 0 bridgehead atoms. The van der Waals surface area contributed by atoms with Crippen molar-refractivity contribution < 1.29 is 9.18 Å². The lowest BCUT2D eigenvalue weighted by atomic mass is 9.91. The molecule has 2 heterocycles. The third-order valence-electron chi connectivity index (χ3n) is 5.95. The van der Waals surface area contributed by atoms with Crippen LogP contribution in [0.1, 0.15) is 45.1 Å². The Morgan fingerprint density at radius 2 is 1.97 bits per heavy atom. The molecule has 1 saturated carbocycles. The largest absolute Gasteiger partial charge is 0.353 e. The molecule has 7 nitrogen and oxygen atoms in total. The van der Waals surface area contributed by atoms with E-state index in [0.717, 1.165) is 17.2 Å². The predicted molar refractivity (Wildman–Crippen MR) is 123 cm³/mol. The second kappa shape index (κ2) is 9.28. The molecule has 0 aliphatic heterocycles. The van der Waals surface area contributed by atoms with Gasteiger partial charge in [0.25, 0.3) is 5.56 Å². The first-order valence-corrected chi connectivity index (χ1v) is 11.9. The average molecular weight is 457 g/mol. The van der Waals surface area contributed by atoms with Gasteiger partial charge in [-0.3, -0.25) is 14.2 Å². The molecule has 1 amide bonds. The zero-order valence-electron chi connectivity index (χ0n) is 18.0. The fraction of sp³-hybridized carbons (Fsp3) is 0.391. The molecule has 0 unspecified atom stereocenters. The van der Waals surface area contributed by atoms with Gasteiger partial charge < -0.3 is 5.32 Å². The molecule has 1 aromatic carbocycles. The lowest BCUT2D eigenvalue weighted by molar-refractivity contribution is -0.121. The normalized spacial score (nSPS) is 18.6. The van der Waals surface area contributed by atoms with Gasteiger partial charge in [-0.25, -0.2) is 18.7 Å². The van der Waals surface area contributed by atoms with E-state index in [2.05, 4.69) is 10.3 Å². The summed E-state index contributed by atoms with van der Waals surface area (Å²) in [5.74, 6) is -0.635. The Kier molecular flexibility index (Phi) is 6.45. The summed E-state index contributed by atoms with van der Waals surface area (Å²) >= 11 is 1.53. The van der Waals surface area contributed by atoms with Gasteiger partial charge in [0.05, 0.1) is 17.3 Å². The molecule has 1 aliphatic rings. The van der Waals surface area contributed by atoms with Gasteiger partial charge in [0.1, 0.15) is 5.82 Å². The van der Waals surface area contributed by atoms with Crippen LogP contribution in [0.25, 0.3) is 16.7 Å². The number of amides is 1. The van der Waals surface area contributed by atoms with Gasteiger partial charge in [-0.1, -0.05) is 13.0 Å². The Balaban J connectivity index is 1.83. The molecular formula is C23H25FN4O3S. The number of carbonyl (C=O) groups excluding carboxylic acids is 1. The van der Waals surface area contributed by atoms with Crippen molar-refractivity contribution in [1.82, 2.24) is 19.4 Å². The number of hydrogen-bond donors (Lipinski definition) is 1. The number of rotatable bonds is 5. The molecule has 3 aromatic rings. The van der Waals surface area contributed by atoms with Crippen molar-refractivity contribution in [2.75, 3.05) is 6.26 Å². The van der Waals surface area contributed by atoms with E-state index in [1.54, 1.807) is 13.0 Å². The van der Waals surface area contributed by atoms with Crippen LogP contribution in [-0.2, 0) is 4.79 Å². The van der Waals surface area contributed by atoms with Crippen LogP contribution in [0, 0.1) is 5.82 Å². The third kappa shape index (κ3) is 4.21. The second-order valence-corrected chi connectivity index (χ2v) is 8.83. The molecule has 4 rings (SSSR count). The number of hydrogen-bond acceptors (Lipinski definition) is 5. The van der Waals surface area contributed by atoms with Crippen LogP contribution in [0.15, 0.2) is 51.0 Å². The Hall–Kier alpha value is -2.94. The number of aromatic nitrogens is 3. The Morgan fingerprint density at radius 3 is 2.66 bits per heavy atom. The molecule has 32 heavy (non-hydrogen) atoms. The summed E-state index contributed by atoms with van der Waals surface area (Å²) in [7, 11) is 0. The summed E-state index contributed by atoms with van der Waals surface area (Å²) < 4.78 is 16.6. The highest BCUT2D eigenvalue weighted by molar-refractivity contribution is 7.98. The molecule has 1 N–H and O–H groups in total. The fourth-order valence-corrected chi connectivity index (χ4v) is 4.75. The van der Waals surface area contributed by atoms with E-state index in [4.69, 9.17) is 0 Å². The summed E-state index contributed by atoms with van der Waals surface area (Å²) in [6.07, 6.45) is 5.86. The lowest BCUT2D eigenvalue weighted by Crippen LogP contribution is -2.45. The second-order valence-electron chi connectivity index (χ2n) is 7.95. The van der Waals surface area contributed by atoms with Crippen LogP contribution in [0.3, 0.4) is 0 Å². The number of carbonyl (C=O) groups is 1. The van der Waals surface area contributed by atoms with E-state index < -0.39 is 17.1 Å². The zero-order chi connectivity index (χ0) is 22.8. The maximum absolute atomic E-state index is 14.0. The molecule has 1 aliphatic carbocycles. The van der Waals surface area contributed by atoms with Gasteiger partial charge in [0.2, 0.25) is 5.91 Å². The monoisotopic (exact) mass is 456 g/mol. The highest BCUT2D eigenvalue weighted by Crippen LogP contribution is 2.28. The maximum atomic E-state index is 14.0. The highest BCUT2D eigenvalue weighted by atomic mass is 32.2. The van der Waals surface area contributed by atoms with E-state index in [1.165, 1.54) is 20.9 Å². The van der Waals surface area contributed by atoms with Crippen molar-refractivity contribution in [3.63, 3.8) is 0 Å². The number of fused-ring (bicyclic) bond motifs is 1. The zero-order valence-corrected chi connectivity index (χ0v) is 18.8. The molecule has 0 saturated heterocycles. The van der Waals surface area contributed by atoms with Crippen molar-refractivity contribution in [1.29, 1.82) is 0 Å². The van der Waals surface area contributed by atoms with Crippen LogP contribution in [0.2, 0.25) is 0 Å². The van der Waals surface area contributed by atoms with Gasteiger partial charge >= 0.3 is 5.69 Å². The van der Waals surface area contributed by atoms with E-state index >= 15 is 0 Å². The average Bonchev–Trinajstić information content (AvgIpc) is 2.80. The van der Waals surface area contributed by atoms with Gasteiger partial charge in [-0.05, 0) is 56.2 Å². The quantitative estimate of drug-likeness (QED) is 0.595. The minimum atomic E-state index is -0.629. The van der Waals surface area contributed by atoms with Gasteiger partial charge in [0, 0.05) is 23.4 Å². The summed E-state index contributed by atoms with van der Waals surface area (Å²) in [6.45, 7) is 1.80. The molecule has 168 valence electrons. The summed E-state index contributed by atoms with van der Waals surface area (Å²) in [6, 6.07) is 8.24. The molecule has 0 spiro atoms. The molecule has 1 fully saturated rings. The van der Waals surface area contributed by atoms with Crippen LogP contribution >= 0.6 is 11.8 Å². The predicted octanol–water partition coefficient (Wildman–Crippen LogP) is 3.42. The number of thioether (sulfide) groups is 1. The lowest BCUT2D eigenvalue weighted by Gasteiger charge is -2.30. The summed E-state index contributed by atoms with van der Waals surface area (Å²) in [5.41, 5.74) is -0.306.